The van der Waals surface area contributed by atoms with Crippen LogP contribution in [0, 0.1) is 5.82 Å². The summed E-state index contributed by atoms with van der Waals surface area (Å²) < 4.78 is 16.3. The highest BCUT2D eigenvalue weighted by atomic mass is 32.1. The molecule has 1 unspecified atom stereocenters. The van der Waals surface area contributed by atoms with Crippen LogP contribution in [0.5, 0.6) is 0 Å². The maximum absolute atomic E-state index is 13.3. The molecule has 0 aliphatic carbocycles. The Morgan fingerprint density at radius 2 is 2.24 bits per heavy atom. The second-order valence-electron chi connectivity index (χ2n) is 5.18. The second kappa shape index (κ2) is 5.95. The van der Waals surface area contributed by atoms with E-state index in [0.29, 0.717) is 6.42 Å². The average Bonchev–Trinajstić information content (AvgIpc) is 3.06. The lowest BCUT2D eigenvalue weighted by Gasteiger charge is -2.11. The van der Waals surface area contributed by atoms with Crippen LogP contribution in [0.3, 0.4) is 0 Å². The fourth-order valence-corrected chi connectivity index (χ4v) is 3.57. The van der Waals surface area contributed by atoms with Gasteiger partial charge in [-0.2, -0.15) is 0 Å². The Hall–Kier alpha value is -1.72. The number of thiophene rings is 1. The van der Waals surface area contributed by atoms with Crippen LogP contribution < -0.4 is 5.73 Å². The molecule has 3 rings (SSSR count). The number of hydrogen-bond acceptors (Lipinski definition) is 3. The fourth-order valence-electron chi connectivity index (χ4n) is 2.48. The van der Waals surface area contributed by atoms with Crippen molar-refractivity contribution in [1.82, 2.24) is 9.55 Å². The van der Waals surface area contributed by atoms with Crippen molar-refractivity contribution in [2.24, 2.45) is 5.73 Å². The van der Waals surface area contributed by atoms with E-state index in [9.17, 15) is 4.39 Å². The number of aromatic nitrogens is 2. The minimum Gasteiger partial charge on any atom is -0.335 e. The number of imidazole rings is 1. The van der Waals surface area contributed by atoms with E-state index < -0.39 is 0 Å². The molecule has 3 aromatic rings. The zero-order chi connectivity index (χ0) is 14.8. The van der Waals surface area contributed by atoms with Gasteiger partial charge in [0, 0.05) is 41.0 Å². The smallest absolute Gasteiger partial charge is 0.124 e. The molecular formula is C16H18FN3S. The molecule has 0 saturated heterocycles. The summed E-state index contributed by atoms with van der Waals surface area (Å²) in [6, 6.07) is 6.79. The second-order valence-corrected chi connectivity index (χ2v) is 6.29. The normalized spacial score (nSPS) is 12.9. The zero-order valence-electron chi connectivity index (χ0n) is 11.9. The first-order chi connectivity index (χ1) is 10.2. The maximum Gasteiger partial charge on any atom is 0.124 e. The maximum atomic E-state index is 13.3. The summed E-state index contributed by atoms with van der Waals surface area (Å²) in [5, 5.41) is 1.05. The van der Waals surface area contributed by atoms with Crippen LogP contribution in [0.2, 0.25) is 0 Å². The predicted molar refractivity (Wildman–Crippen MR) is 84.9 cm³/mol. The van der Waals surface area contributed by atoms with E-state index >= 15 is 0 Å². The Kier molecular flexibility index (Phi) is 4.03. The lowest BCUT2D eigenvalue weighted by molar-refractivity contribution is 0.602. The van der Waals surface area contributed by atoms with Gasteiger partial charge in [0.15, 0.2) is 0 Å². The summed E-state index contributed by atoms with van der Waals surface area (Å²) in [7, 11) is 0. The van der Waals surface area contributed by atoms with E-state index in [4.69, 9.17) is 5.73 Å². The summed E-state index contributed by atoms with van der Waals surface area (Å²) >= 11 is 1.56. The van der Waals surface area contributed by atoms with E-state index in [1.165, 1.54) is 6.07 Å². The van der Waals surface area contributed by atoms with Gasteiger partial charge in [-0.3, -0.25) is 0 Å². The molecule has 21 heavy (non-hydrogen) atoms. The van der Waals surface area contributed by atoms with Crippen molar-refractivity contribution in [2.75, 3.05) is 0 Å². The molecule has 0 aliphatic rings. The highest BCUT2D eigenvalue weighted by Crippen LogP contribution is 2.30. The SMILES string of the molecule is CCCn1ccnc1CC(N)c1cc2ccc(F)cc2s1. The van der Waals surface area contributed by atoms with Gasteiger partial charge in [0.25, 0.3) is 0 Å². The molecule has 0 amide bonds. The van der Waals surface area contributed by atoms with Crippen LogP contribution in [0.1, 0.15) is 30.1 Å². The number of rotatable bonds is 5. The Morgan fingerprint density at radius 3 is 3.05 bits per heavy atom. The molecule has 0 aliphatic heterocycles. The molecule has 1 atom stereocenters. The number of benzene rings is 1. The zero-order valence-corrected chi connectivity index (χ0v) is 12.7. The Labute approximate surface area is 127 Å². The molecule has 0 spiro atoms. The van der Waals surface area contributed by atoms with Crippen molar-refractivity contribution < 1.29 is 4.39 Å². The van der Waals surface area contributed by atoms with Crippen LogP contribution in [-0.2, 0) is 13.0 Å². The monoisotopic (exact) mass is 303 g/mol. The fraction of sp³-hybridized carbons (Fsp3) is 0.312. The van der Waals surface area contributed by atoms with Gasteiger partial charge in [0.1, 0.15) is 11.6 Å². The molecule has 2 heterocycles. The quantitative estimate of drug-likeness (QED) is 0.777. The van der Waals surface area contributed by atoms with Crippen LogP contribution in [0.15, 0.2) is 36.7 Å². The third-order valence-corrected chi connectivity index (χ3v) is 4.77. The van der Waals surface area contributed by atoms with Gasteiger partial charge in [-0.05, 0) is 30.0 Å². The number of aryl methyl sites for hydroxylation is 1. The summed E-state index contributed by atoms with van der Waals surface area (Å²) in [6.07, 6.45) is 5.58. The van der Waals surface area contributed by atoms with Gasteiger partial charge in [-0.1, -0.05) is 13.0 Å². The van der Waals surface area contributed by atoms with Gasteiger partial charge >= 0.3 is 0 Å². The molecule has 110 valence electrons. The Morgan fingerprint density at radius 1 is 1.38 bits per heavy atom. The minimum absolute atomic E-state index is 0.108. The molecule has 2 aromatic heterocycles. The van der Waals surface area contributed by atoms with Crippen molar-refractivity contribution in [3.8, 4) is 0 Å². The summed E-state index contributed by atoms with van der Waals surface area (Å²) in [5.74, 6) is 0.802. The van der Waals surface area contributed by atoms with Crippen molar-refractivity contribution >= 4 is 21.4 Å². The lowest BCUT2D eigenvalue weighted by Crippen LogP contribution is -2.15. The molecule has 5 heteroatoms. The topological polar surface area (TPSA) is 43.8 Å². The molecule has 0 saturated carbocycles. The first kappa shape index (κ1) is 14.2. The molecule has 2 N–H and O–H groups in total. The van der Waals surface area contributed by atoms with Gasteiger partial charge in [0.05, 0.1) is 0 Å². The number of halogens is 1. The third kappa shape index (κ3) is 2.99. The van der Waals surface area contributed by atoms with E-state index in [-0.39, 0.29) is 11.9 Å². The highest BCUT2D eigenvalue weighted by molar-refractivity contribution is 7.19. The molecule has 0 radical (unpaired) electrons. The summed E-state index contributed by atoms with van der Waals surface area (Å²) in [6.45, 7) is 3.10. The number of nitrogens with zero attached hydrogens (tertiary/aromatic N) is 2. The number of nitrogens with two attached hydrogens (primary N) is 1. The van der Waals surface area contributed by atoms with E-state index in [1.807, 2.05) is 12.4 Å². The van der Waals surface area contributed by atoms with Crippen molar-refractivity contribution in [3.05, 3.63) is 53.2 Å². The summed E-state index contributed by atoms with van der Waals surface area (Å²) in [4.78, 5) is 5.47. The Bertz CT molecular complexity index is 747. The van der Waals surface area contributed by atoms with Crippen LogP contribution in [0.25, 0.3) is 10.1 Å². The molecule has 1 aromatic carbocycles. The van der Waals surface area contributed by atoms with Gasteiger partial charge in [-0.25, -0.2) is 9.37 Å². The Balaban J connectivity index is 1.83. The van der Waals surface area contributed by atoms with Crippen molar-refractivity contribution in [1.29, 1.82) is 0 Å². The van der Waals surface area contributed by atoms with Gasteiger partial charge < -0.3 is 10.3 Å². The van der Waals surface area contributed by atoms with Gasteiger partial charge in [0.2, 0.25) is 0 Å². The first-order valence-electron chi connectivity index (χ1n) is 7.12. The van der Waals surface area contributed by atoms with Crippen molar-refractivity contribution in [3.63, 3.8) is 0 Å². The molecular weight excluding hydrogens is 285 g/mol. The average molecular weight is 303 g/mol. The van der Waals surface area contributed by atoms with Crippen LogP contribution in [0.4, 0.5) is 4.39 Å². The molecule has 0 bridgehead atoms. The standard InChI is InChI=1S/C16H18FN3S/c1-2-6-20-7-5-19-16(20)10-13(18)15-8-11-3-4-12(17)9-14(11)21-15/h3-5,7-9,13H,2,6,10,18H2,1H3. The number of hydrogen-bond donors (Lipinski definition) is 1. The predicted octanol–water partition coefficient (Wildman–Crippen LogP) is 3.89. The first-order valence-corrected chi connectivity index (χ1v) is 7.93. The van der Waals surface area contributed by atoms with Crippen LogP contribution in [-0.4, -0.2) is 9.55 Å². The van der Waals surface area contributed by atoms with E-state index in [2.05, 4.69) is 22.5 Å². The lowest BCUT2D eigenvalue weighted by atomic mass is 10.1. The summed E-state index contributed by atoms with van der Waals surface area (Å²) in [5.41, 5.74) is 6.32. The highest BCUT2D eigenvalue weighted by Gasteiger charge is 2.14. The largest absolute Gasteiger partial charge is 0.335 e. The van der Waals surface area contributed by atoms with E-state index in [0.717, 1.165) is 33.8 Å². The van der Waals surface area contributed by atoms with Gasteiger partial charge in [-0.15, -0.1) is 11.3 Å². The molecule has 3 nitrogen and oxygen atoms in total. The molecule has 0 fully saturated rings. The minimum atomic E-state index is -0.206. The van der Waals surface area contributed by atoms with E-state index in [1.54, 1.807) is 23.5 Å². The van der Waals surface area contributed by atoms with Crippen LogP contribution >= 0.6 is 11.3 Å². The van der Waals surface area contributed by atoms with Crippen molar-refractivity contribution in [2.45, 2.75) is 32.4 Å². The number of fused-ring (bicyclic) bond motifs is 1. The third-order valence-electron chi connectivity index (χ3n) is 3.54.